The SMILES string of the molecule is CC(C)c1cncn1CCC(N)c1ccccc1. The number of aryl methyl sites for hydroxylation is 1. The summed E-state index contributed by atoms with van der Waals surface area (Å²) >= 11 is 0. The summed E-state index contributed by atoms with van der Waals surface area (Å²) in [5, 5.41) is 0. The summed E-state index contributed by atoms with van der Waals surface area (Å²) in [6.07, 6.45) is 4.77. The van der Waals surface area contributed by atoms with Crippen molar-refractivity contribution in [1.82, 2.24) is 9.55 Å². The summed E-state index contributed by atoms with van der Waals surface area (Å²) in [7, 11) is 0. The molecule has 0 aliphatic rings. The zero-order valence-corrected chi connectivity index (χ0v) is 11.1. The van der Waals surface area contributed by atoms with Crippen LogP contribution in [0.4, 0.5) is 0 Å². The van der Waals surface area contributed by atoms with Crippen LogP contribution in [0, 0.1) is 0 Å². The van der Waals surface area contributed by atoms with Crippen molar-refractivity contribution in [3.05, 3.63) is 54.1 Å². The topological polar surface area (TPSA) is 43.8 Å². The third kappa shape index (κ3) is 2.99. The second-order valence-corrected chi connectivity index (χ2v) is 4.97. The van der Waals surface area contributed by atoms with Gasteiger partial charge in [0, 0.05) is 24.5 Å². The molecule has 18 heavy (non-hydrogen) atoms. The van der Waals surface area contributed by atoms with E-state index in [9.17, 15) is 0 Å². The summed E-state index contributed by atoms with van der Waals surface area (Å²) < 4.78 is 2.20. The van der Waals surface area contributed by atoms with Gasteiger partial charge in [-0.25, -0.2) is 4.98 Å². The molecule has 0 spiro atoms. The summed E-state index contributed by atoms with van der Waals surface area (Å²) in [5.41, 5.74) is 8.68. The van der Waals surface area contributed by atoms with E-state index in [0.717, 1.165) is 13.0 Å². The number of nitrogens with two attached hydrogens (primary N) is 1. The van der Waals surface area contributed by atoms with Gasteiger partial charge in [-0.2, -0.15) is 0 Å². The number of hydrogen-bond donors (Lipinski definition) is 1. The van der Waals surface area contributed by atoms with Gasteiger partial charge in [0.1, 0.15) is 0 Å². The van der Waals surface area contributed by atoms with Crippen molar-refractivity contribution in [3.63, 3.8) is 0 Å². The molecule has 0 amide bonds. The normalized spacial score (nSPS) is 12.9. The smallest absolute Gasteiger partial charge is 0.0948 e. The molecule has 0 saturated carbocycles. The molecule has 2 N–H and O–H groups in total. The van der Waals surface area contributed by atoms with Crippen LogP contribution in [-0.4, -0.2) is 9.55 Å². The van der Waals surface area contributed by atoms with Gasteiger partial charge in [-0.05, 0) is 17.9 Å². The zero-order chi connectivity index (χ0) is 13.0. The summed E-state index contributed by atoms with van der Waals surface area (Å²) in [6.45, 7) is 5.29. The van der Waals surface area contributed by atoms with Gasteiger partial charge in [0.15, 0.2) is 0 Å². The Morgan fingerprint density at radius 2 is 1.94 bits per heavy atom. The minimum atomic E-state index is 0.0913. The molecular formula is C15H21N3. The molecule has 1 atom stereocenters. The lowest BCUT2D eigenvalue weighted by Gasteiger charge is -2.15. The molecule has 1 aromatic heterocycles. The number of benzene rings is 1. The first-order chi connectivity index (χ1) is 8.68. The highest BCUT2D eigenvalue weighted by Crippen LogP contribution is 2.17. The molecule has 0 saturated heterocycles. The number of aromatic nitrogens is 2. The van der Waals surface area contributed by atoms with E-state index in [1.54, 1.807) is 0 Å². The van der Waals surface area contributed by atoms with Crippen LogP contribution in [-0.2, 0) is 6.54 Å². The fourth-order valence-corrected chi connectivity index (χ4v) is 2.14. The van der Waals surface area contributed by atoms with E-state index >= 15 is 0 Å². The van der Waals surface area contributed by atoms with Crippen molar-refractivity contribution in [2.45, 2.75) is 38.8 Å². The van der Waals surface area contributed by atoms with E-state index in [1.807, 2.05) is 30.7 Å². The molecule has 0 fully saturated rings. The van der Waals surface area contributed by atoms with Crippen LogP contribution >= 0.6 is 0 Å². The average molecular weight is 243 g/mol. The monoisotopic (exact) mass is 243 g/mol. The molecule has 0 bridgehead atoms. The van der Waals surface area contributed by atoms with Gasteiger partial charge >= 0.3 is 0 Å². The quantitative estimate of drug-likeness (QED) is 0.877. The Balaban J connectivity index is 1.97. The van der Waals surface area contributed by atoms with Crippen LogP contribution in [0.3, 0.4) is 0 Å². The fraction of sp³-hybridized carbons (Fsp3) is 0.400. The highest BCUT2D eigenvalue weighted by molar-refractivity contribution is 5.18. The Labute approximate surface area is 109 Å². The van der Waals surface area contributed by atoms with Gasteiger partial charge in [-0.3, -0.25) is 0 Å². The second-order valence-electron chi connectivity index (χ2n) is 4.97. The molecule has 1 heterocycles. The molecule has 0 aliphatic carbocycles. The minimum absolute atomic E-state index is 0.0913. The van der Waals surface area contributed by atoms with Crippen LogP contribution in [0.2, 0.25) is 0 Å². The maximum absolute atomic E-state index is 6.20. The molecule has 2 rings (SSSR count). The fourth-order valence-electron chi connectivity index (χ4n) is 2.14. The number of imidazole rings is 1. The van der Waals surface area contributed by atoms with Crippen molar-refractivity contribution < 1.29 is 0 Å². The van der Waals surface area contributed by atoms with Crippen LogP contribution in [0.15, 0.2) is 42.9 Å². The van der Waals surface area contributed by atoms with Crippen molar-refractivity contribution >= 4 is 0 Å². The highest BCUT2D eigenvalue weighted by atomic mass is 15.0. The van der Waals surface area contributed by atoms with Gasteiger partial charge in [0.05, 0.1) is 6.33 Å². The van der Waals surface area contributed by atoms with Crippen LogP contribution in [0.1, 0.15) is 43.5 Å². The maximum Gasteiger partial charge on any atom is 0.0948 e. The number of rotatable bonds is 5. The van der Waals surface area contributed by atoms with Crippen molar-refractivity contribution in [3.8, 4) is 0 Å². The maximum atomic E-state index is 6.20. The van der Waals surface area contributed by atoms with Crippen molar-refractivity contribution in [2.24, 2.45) is 5.73 Å². The van der Waals surface area contributed by atoms with Gasteiger partial charge < -0.3 is 10.3 Å². The largest absolute Gasteiger partial charge is 0.334 e. The molecule has 3 nitrogen and oxygen atoms in total. The molecule has 1 aromatic carbocycles. The van der Waals surface area contributed by atoms with E-state index in [0.29, 0.717) is 5.92 Å². The standard InChI is InChI=1S/C15H21N3/c1-12(2)15-10-17-11-18(15)9-8-14(16)13-6-4-3-5-7-13/h3-7,10-12,14H,8-9,16H2,1-2H3. The predicted octanol–water partition coefficient (Wildman–Crippen LogP) is 3.10. The molecular weight excluding hydrogens is 222 g/mol. The van der Waals surface area contributed by atoms with E-state index in [2.05, 4.69) is 35.5 Å². The van der Waals surface area contributed by atoms with Crippen molar-refractivity contribution in [1.29, 1.82) is 0 Å². The summed E-state index contributed by atoms with van der Waals surface area (Å²) in [6, 6.07) is 10.3. The minimum Gasteiger partial charge on any atom is -0.334 e. The van der Waals surface area contributed by atoms with E-state index in [-0.39, 0.29) is 6.04 Å². The molecule has 0 aliphatic heterocycles. The zero-order valence-electron chi connectivity index (χ0n) is 11.1. The highest BCUT2D eigenvalue weighted by Gasteiger charge is 2.09. The van der Waals surface area contributed by atoms with E-state index < -0.39 is 0 Å². The molecule has 1 unspecified atom stereocenters. The Morgan fingerprint density at radius 3 is 2.61 bits per heavy atom. The first kappa shape index (κ1) is 12.8. The Morgan fingerprint density at radius 1 is 1.22 bits per heavy atom. The van der Waals surface area contributed by atoms with Crippen LogP contribution in [0.5, 0.6) is 0 Å². The lowest BCUT2D eigenvalue weighted by atomic mass is 10.0. The van der Waals surface area contributed by atoms with E-state index in [1.165, 1.54) is 11.3 Å². The van der Waals surface area contributed by atoms with Crippen molar-refractivity contribution in [2.75, 3.05) is 0 Å². The van der Waals surface area contributed by atoms with Gasteiger partial charge in [-0.1, -0.05) is 44.2 Å². The second kappa shape index (κ2) is 5.83. The van der Waals surface area contributed by atoms with Gasteiger partial charge in [0.25, 0.3) is 0 Å². The molecule has 3 heteroatoms. The van der Waals surface area contributed by atoms with E-state index in [4.69, 9.17) is 5.73 Å². The van der Waals surface area contributed by atoms with Crippen LogP contribution in [0.25, 0.3) is 0 Å². The summed E-state index contributed by atoms with van der Waals surface area (Å²) in [4.78, 5) is 4.22. The molecule has 96 valence electrons. The average Bonchev–Trinajstić information content (AvgIpc) is 2.85. The third-order valence-corrected chi connectivity index (χ3v) is 3.24. The third-order valence-electron chi connectivity index (χ3n) is 3.24. The number of nitrogens with zero attached hydrogens (tertiary/aromatic N) is 2. The first-order valence-electron chi connectivity index (χ1n) is 6.49. The molecule has 0 radical (unpaired) electrons. The van der Waals surface area contributed by atoms with Gasteiger partial charge in [0.2, 0.25) is 0 Å². The predicted molar refractivity (Wildman–Crippen MR) is 74.3 cm³/mol. The Bertz CT molecular complexity index is 473. The number of hydrogen-bond acceptors (Lipinski definition) is 2. The van der Waals surface area contributed by atoms with Crippen LogP contribution < -0.4 is 5.73 Å². The van der Waals surface area contributed by atoms with Gasteiger partial charge in [-0.15, -0.1) is 0 Å². The lowest BCUT2D eigenvalue weighted by molar-refractivity contribution is 0.539. The first-order valence-corrected chi connectivity index (χ1v) is 6.49. The summed E-state index contributed by atoms with van der Waals surface area (Å²) in [5.74, 6) is 0.500. The Hall–Kier alpha value is -1.61. The lowest BCUT2D eigenvalue weighted by Crippen LogP contribution is -2.14. The molecule has 2 aromatic rings. The Kier molecular flexibility index (Phi) is 4.15.